The molecule has 0 rings (SSSR count). The summed E-state index contributed by atoms with van der Waals surface area (Å²) in [4.78, 5) is 11.8. The van der Waals surface area contributed by atoms with Crippen molar-refractivity contribution in [3.8, 4) is 0 Å². The fourth-order valence-corrected chi connectivity index (χ4v) is 2.80. The van der Waals surface area contributed by atoms with Crippen molar-refractivity contribution in [3.63, 3.8) is 0 Å². The molecule has 21 heavy (non-hydrogen) atoms. The number of carbonyl (C=O) groups is 1. The summed E-state index contributed by atoms with van der Waals surface area (Å²) in [5.41, 5.74) is 0.204. The molecule has 1 unspecified atom stereocenters. The summed E-state index contributed by atoms with van der Waals surface area (Å²) in [6.45, 7) is 20.3. The number of rotatable bonds is 7. The number of carbonyl (C=O) groups excluding carboxylic acids is 1. The Bertz CT molecular complexity index is 321. The van der Waals surface area contributed by atoms with Crippen LogP contribution in [0.2, 0.25) is 0 Å². The van der Waals surface area contributed by atoms with Gasteiger partial charge in [-0.05, 0) is 50.4 Å². The predicted molar refractivity (Wildman–Crippen MR) is 90.3 cm³/mol. The van der Waals surface area contributed by atoms with Crippen LogP contribution < -0.4 is 5.32 Å². The van der Waals surface area contributed by atoms with E-state index < -0.39 is 0 Å². The van der Waals surface area contributed by atoms with E-state index in [0.29, 0.717) is 17.9 Å². The Hall–Kier alpha value is -0.570. The molecule has 1 amide bonds. The maximum atomic E-state index is 11.8. The third kappa shape index (κ3) is 12.9. The van der Waals surface area contributed by atoms with Crippen LogP contribution in [0.3, 0.4) is 0 Å². The lowest BCUT2D eigenvalue weighted by Gasteiger charge is -2.31. The van der Waals surface area contributed by atoms with Crippen LogP contribution in [0.4, 0.5) is 0 Å². The van der Waals surface area contributed by atoms with Gasteiger partial charge in [-0.3, -0.25) is 4.79 Å². The lowest BCUT2D eigenvalue weighted by molar-refractivity contribution is -0.131. The molecule has 0 aliphatic heterocycles. The van der Waals surface area contributed by atoms with E-state index in [4.69, 9.17) is 4.74 Å². The summed E-state index contributed by atoms with van der Waals surface area (Å²) < 4.78 is 5.49. The van der Waals surface area contributed by atoms with Gasteiger partial charge in [-0.25, -0.2) is 0 Å². The molecule has 0 heterocycles. The molecule has 0 aromatic carbocycles. The summed E-state index contributed by atoms with van der Waals surface area (Å²) in [6, 6.07) is 0. The lowest BCUT2D eigenvalue weighted by Crippen LogP contribution is -2.38. The van der Waals surface area contributed by atoms with E-state index in [1.165, 1.54) is 6.42 Å². The fourth-order valence-electron chi connectivity index (χ4n) is 2.80. The Kier molecular flexibility index (Phi) is 7.41. The van der Waals surface area contributed by atoms with E-state index in [0.717, 1.165) is 6.42 Å². The van der Waals surface area contributed by atoms with Gasteiger partial charge in [0, 0.05) is 6.54 Å². The van der Waals surface area contributed by atoms with Crippen molar-refractivity contribution in [1.82, 2.24) is 5.32 Å². The quantitative estimate of drug-likeness (QED) is 0.756. The molecule has 0 spiro atoms. The van der Waals surface area contributed by atoms with Gasteiger partial charge in [-0.15, -0.1) is 0 Å². The summed E-state index contributed by atoms with van der Waals surface area (Å²) in [5.74, 6) is 0.629. The first-order valence-corrected chi connectivity index (χ1v) is 8.11. The van der Waals surface area contributed by atoms with Crippen LogP contribution in [0.15, 0.2) is 0 Å². The molecule has 1 N–H and O–H groups in total. The maximum Gasteiger partial charge on any atom is 0.246 e. The fraction of sp³-hybridized carbons (Fsp3) is 0.944. The molecule has 0 bridgehead atoms. The van der Waals surface area contributed by atoms with Crippen molar-refractivity contribution >= 4 is 5.91 Å². The maximum absolute atomic E-state index is 11.8. The monoisotopic (exact) mass is 299 g/mol. The lowest BCUT2D eigenvalue weighted by atomic mass is 9.77. The highest BCUT2D eigenvalue weighted by Crippen LogP contribution is 2.32. The molecule has 0 aromatic heterocycles. The first-order chi connectivity index (χ1) is 9.20. The minimum absolute atomic E-state index is 0.0264. The minimum atomic E-state index is -0.270. The van der Waals surface area contributed by atoms with E-state index in [2.05, 4.69) is 46.9 Å². The normalized spacial score (nSPS) is 14.9. The molecular formula is C18H37NO2. The summed E-state index contributed by atoms with van der Waals surface area (Å²) in [5, 5.41) is 3.00. The van der Waals surface area contributed by atoms with E-state index in [9.17, 15) is 4.79 Å². The molecule has 3 nitrogen and oxygen atoms in total. The highest BCUT2D eigenvalue weighted by atomic mass is 16.5. The van der Waals surface area contributed by atoms with Crippen LogP contribution in [-0.2, 0) is 9.53 Å². The zero-order chi connectivity index (χ0) is 16.9. The van der Waals surface area contributed by atoms with Gasteiger partial charge in [0.1, 0.15) is 6.61 Å². The van der Waals surface area contributed by atoms with Crippen molar-refractivity contribution < 1.29 is 9.53 Å². The van der Waals surface area contributed by atoms with Crippen molar-refractivity contribution in [1.29, 1.82) is 0 Å². The number of nitrogens with one attached hydrogen (secondary N) is 1. The summed E-state index contributed by atoms with van der Waals surface area (Å²) in [7, 11) is 0. The zero-order valence-electron chi connectivity index (χ0n) is 15.7. The Morgan fingerprint density at radius 2 is 1.52 bits per heavy atom. The molecule has 0 aliphatic carbocycles. The second kappa shape index (κ2) is 7.62. The molecule has 0 saturated carbocycles. The number of hydrogen-bond acceptors (Lipinski definition) is 2. The van der Waals surface area contributed by atoms with Gasteiger partial charge in [-0.2, -0.15) is 0 Å². The van der Waals surface area contributed by atoms with E-state index in [-0.39, 0.29) is 23.5 Å². The van der Waals surface area contributed by atoms with Crippen LogP contribution in [0.25, 0.3) is 0 Å². The van der Waals surface area contributed by atoms with Crippen LogP contribution in [-0.4, -0.2) is 24.7 Å². The summed E-state index contributed by atoms with van der Waals surface area (Å²) in [6.07, 6.45) is 2.32. The largest absolute Gasteiger partial charge is 0.366 e. The third-order valence-corrected chi connectivity index (χ3v) is 3.26. The Balaban J connectivity index is 4.15. The number of hydrogen-bond donors (Lipinski definition) is 1. The van der Waals surface area contributed by atoms with Gasteiger partial charge in [0.2, 0.25) is 5.91 Å². The molecule has 0 aliphatic rings. The van der Waals surface area contributed by atoms with Gasteiger partial charge >= 0.3 is 0 Å². The highest BCUT2D eigenvalue weighted by Gasteiger charge is 2.25. The average molecular weight is 299 g/mol. The van der Waals surface area contributed by atoms with Crippen LogP contribution in [0.5, 0.6) is 0 Å². The Morgan fingerprint density at radius 1 is 1.00 bits per heavy atom. The topological polar surface area (TPSA) is 38.3 Å². The molecule has 0 radical (unpaired) electrons. The smallest absolute Gasteiger partial charge is 0.246 e. The van der Waals surface area contributed by atoms with Crippen LogP contribution in [0.1, 0.15) is 75.2 Å². The van der Waals surface area contributed by atoms with Gasteiger partial charge in [0.15, 0.2) is 0 Å². The predicted octanol–water partition coefficient (Wildman–Crippen LogP) is 4.41. The van der Waals surface area contributed by atoms with E-state index in [1.54, 1.807) is 0 Å². The SMILES string of the molecule is CC(CC(C)(C)C)CC(C)(C)CNC(=O)COC(C)(C)C. The molecule has 1 atom stereocenters. The van der Waals surface area contributed by atoms with Crippen LogP contribution in [0, 0.1) is 16.7 Å². The molecule has 0 fully saturated rings. The molecule has 3 heteroatoms. The van der Waals surface area contributed by atoms with E-state index >= 15 is 0 Å². The standard InChI is InChI=1S/C18H37NO2/c1-14(10-16(2,3)4)11-18(8,9)13-19-15(20)12-21-17(5,6)7/h14H,10-13H2,1-9H3,(H,19,20). The Labute approximate surface area is 132 Å². The van der Waals surface area contributed by atoms with Gasteiger partial charge in [0.25, 0.3) is 0 Å². The van der Waals surface area contributed by atoms with Crippen molar-refractivity contribution in [2.45, 2.75) is 80.8 Å². The highest BCUT2D eigenvalue weighted by molar-refractivity contribution is 5.77. The molecule has 0 saturated heterocycles. The second-order valence-corrected chi connectivity index (χ2v) is 9.42. The average Bonchev–Trinajstić information content (AvgIpc) is 2.18. The third-order valence-electron chi connectivity index (χ3n) is 3.26. The van der Waals surface area contributed by atoms with Gasteiger partial charge in [-0.1, -0.05) is 41.5 Å². The first kappa shape index (κ1) is 20.4. The summed E-state index contributed by atoms with van der Waals surface area (Å²) >= 11 is 0. The van der Waals surface area contributed by atoms with Crippen molar-refractivity contribution in [2.24, 2.45) is 16.7 Å². The zero-order valence-corrected chi connectivity index (χ0v) is 15.7. The molecular weight excluding hydrogens is 262 g/mol. The molecule has 126 valence electrons. The number of ether oxygens (including phenoxy) is 1. The van der Waals surface area contributed by atoms with Gasteiger partial charge in [0.05, 0.1) is 5.60 Å². The van der Waals surface area contributed by atoms with Crippen molar-refractivity contribution in [3.05, 3.63) is 0 Å². The second-order valence-electron chi connectivity index (χ2n) is 9.42. The molecule has 0 aromatic rings. The van der Waals surface area contributed by atoms with Crippen LogP contribution >= 0.6 is 0 Å². The van der Waals surface area contributed by atoms with E-state index in [1.807, 2.05) is 20.8 Å². The van der Waals surface area contributed by atoms with Gasteiger partial charge < -0.3 is 10.1 Å². The minimum Gasteiger partial charge on any atom is -0.366 e. The Morgan fingerprint density at radius 3 is 1.95 bits per heavy atom. The first-order valence-electron chi connectivity index (χ1n) is 8.11. The number of amides is 1. The van der Waals surface area contributed by atoms with Crippen molar-refractivity contribution in [2.75, 3.05) is 13.2 Å².